The molecule has 168 valence electrons. The first kappa shape index (κ1) is 22.3. The minimum atomic E-state index is -0.649. The predicted octanol–water partition coefficient (Wildman–Crippen LogP) is 6.38. The minimum Gasteiger partial charge on any atom is -0.506 e. The maximum atomic E-state index is 12.5. The molecule has 33 heavy (non-hydrogen) atoms. The zero-order valence-corrected chi connectivity index (χ0v) is 19.4. The number of carbonyl (C=O) groups excluding carboxylic acids is 2. The number of hydrogen-bond acceptors (Lipinski definition) is 5. The number of ether oxygens (including phenoxy) is 2. The number of esters is 2. The summed E-state index contributed by atoms with van der Waals surface area (Å²) in [6.07, 6.45) is 0. The number of carbonyl (C=O) groups is 2. The van der Waals surface area contributed by atoms with Crippen LogP contribution in [0.4, 0.5) is 0 Å². The Bertz CT molecular complexity index is 1410. The van der Waals surface area contributed by atoms with Gasteiger partial charge in [0.05, 0.1) is 7.11 Å². The van der Waals surface area contributed by atoms with E-state index in [0.29, 0.717) is 16.9 Å². The Morgan fingerprint density at radius 3 is 2.18 bits per heavy atom. The number of rotatable bonds is 3. The number of benzene rings is 4. The highest BCUT2D eigenvalue weighted by molar-refractivity contribution is 6.13. The second-order valence-corrected chi connectivity index (χ2v) is 9.08. The van der Waals surface area contributed by atoms with Crippen molar-refractivity contribution in [1.82, 2.24) is 0 Å². The van der Waals surface area contributed by atoms with E-state index in [1.807, 2.05) is 42.5 Å². The van der Waals surface area contributed by atoms with Crippen LogP contribution < -0.4 is 4.74 Å². The van der Waals surface area contributed by atoms with Crippen LogP contribution in [-0.2, 0) is 14.9 Å². The van der Waals surface area contributed by atoms with Crippen molar-refractivity contribution in [1.29, 1.82) is 0 Å². The molecule has 0 radical (unpaired) electrons. The molecule has 0 atom stereocenters. The lowest BCUT2D eigenvalue weighted by Gasteiger charge is -2.21. The topological polar surface area (TPSA) is 72.8 Å². The van der Waals surface area contributed by atoms with E-state index >= 15 is 0 Å². The van der Waals surface area contributed by atoms with Gasteiger partial charge >= 0.3 is 11.9 Å². The highest BCUT2D eigenvalue weighted by Crippen LogP contribution is 2.47. The largest absolute Gasteiger partial charge is 0.506 e. The van der Waals surface area contributed by atoms with Crippen LogP contribution in [0.5, 0.6) is 11.5 Å². The van der Waals surface area contributed by atoms with Crippen molar-refractivity contribution in [3.8, 4) is 22.6 Å². The SMILES string of the molecule is COC(=O)c1cc2ccccc2c(-c2c(OC(C)=O)ccc3cc(C(C)(C)C)ccc23)c1O. The second kappa shape index (κ2) is 8.24. The molecule has 4 aromatic rings. The maximum absolute atomic E-state index is 12.5. The van der Waals surface area contributed by atoms with E-state index in [9.17, 15) is 14.7 Å². The quantitative estimate of drug-likeness (QED) is 0.295. The first-order valence-electron chi connectivity index (χ1n) is 10.7. The fraction of sp³-hybridized carbons (Fsp3) is 0.214. The summed E-state index contributed by atoms with van der Waals surface area (Å²) in [6.45, 7) is 7.75. The van der Waals surface area contributed by atoms with Crippen molar-refractivity contribution < 1.29 is 24.2 Å². The summed E-state index contributed by atoms with van der Waals surface area (Å²) in [7, 11) is 1.27. The molecular weight excluding hydrogens is 416 g/mol. The molecule has 0 bridgehead atoms. The normalized spacial score (nSPS) is 11.5. The standard InChI is InChI=1S/C28H26O5/c1-16(29)33-23-13-10-18-14-19(28(2,3)4)11-12-21(18)24(23)25-20-9-7-6-8-17(20)15-22(26(25)30)27(31)32-5/h6-15,30H,1-5H3. The fourth-order valence-electron chi connectivity index (χ4n) is 4.13. The highest BCUT2D eigenvalue weighted by Gasteiger charge is 2.25. The van der Waals surface area contributed by atoms with Gasteiger partial charge in [0.2, 0.25) is 0 Å². The summed E-state index contributed by atoms with van der Waals surface area (Å²) >= 11 is 0. The maximum Gasteiger partial charge on any atom is 0.341 e. The summed E-state index contributed by atoms with van der Waals surface area (Å²) in [4.78, 5) is 24.4. The van der Waals surface area contributed by atoms with Gasteiger partial charge in [0.15, 0.2) is 0 Å². The summed E-state index contributed by atoms with van der Waals surface area (Å²) < 4.78 is 10.5. The van der Waals surface area contributed by atoms with Crippen LogP contribution >= 0.6 is 0 Å². The molecule has 0 heterocycles. The number of hydrogen-bond donors (Lipinski definition) is 1. The van der Waals surface area contributed by atoms with Crippen molar-refractivity contribution in [2.24, 2.45) is 0 Å². The van der Waals surface area contributed by atoms with Gasteiger partial charge in [-0.3, -0.25) is 4.79 Å². The van der Waals surface area contributed by atoms with E-state index in [0.717, 1.165) is 27.1 Å². The lowest BCUT2D eigenvalue weighted by atomic mass is 9.84. The third kappa shape index (κ3) is 4.02. The molecule has 5 nitrogen and oxygen atoms in total. The Morgan fingerprint density at radius 2 is 1.52 bits per heavy atom. The zero-order valence-electron chi connectivity index (χ0n) is 19.4. The van der Waals surface area contributed by atoms with E-state index in [-0.39, 0.29) is 16.7 Å². The molecule has 1 N–H and O–H groups in total. The van der Waals surface area contributed by atoms with Gasteiger partial charge in [-0.05, 0) is 44.7 Å². The molecule has 0 fully saturated rings. The molecule has 5 heteroatoms. The predicted molar refractivity (Wildman–Crippen MR) is 130 cm³/mol. The van der Waals surface area contributed by atoms with Gasteiger partial charge in [-0.15, -0.1) is 0 Å². The average Bonchev–Trinajstić information content (AvgIpc) is 2.77. The third-order valence-corrected chi connectivity index (χ3v) is 5.78. The molecule has 4 aromatic carbocycles. The first-order chi connectivity index (χ1) is 15.6. The zero-order chi connectivity index (χ0) is 23.9. The number of methoxy groups -OCH3 is 1. The number of fused-ring (bicyclic) bond motifs is 2. The molecule has 0 aliphatic rings. The van der Waals surface area contributed by atoms with Crippen LogP contribution in [-0.4, -0.2) is 24.2 Å². The lowest BCUT2D eigenvalue weighted by Crippen LogP contribution is -2.10. The van der Waals surface area contributed by atoms with Crippen LogP contribution in [0.25, 0.3) is 32.7 Å². The first-order valence-corrected chi connectivity index (χ1v) is 10.7. The fourth-order valence-corrected chi connectivity index (χ4v) is 4.13. The van der Waals surface area contributed by atoms with E-state index in [1.54, 1.807) is 12.1 Å². The van der Waals surface area contributed by atoms with Crippen molar-refractivity contribution in [3.05, 3.63) is 71.8 Å². The Morgan fingerprint density at radius 1 is 0.848 bits per heavy atom. The van der Waals surface area contributed by atoms with E-state index in [4.69, 9.17) is 9.47 Å². The molecule has 4 rings (SSSR count). The molecule has 0 aliphatic carbocycles. The molecule has 0 unspecified atom stereocenters. The Hall–Kier alpha value is -3.86. The van der Waals surface area contributed by atoms with Crippen LogP contribution in [0.3, 0.4) is 0 Å². The van der Waals surface area contributed by atoms with Crippen LogP contribution in [0.1, 0.15) is 43.6 Å². The highest BCUT2D eigenvalue weighted by atomic mass is 16.5. The van der Waals surface area contributed by atoms with E-state index in [2.05, 4.69) is 26.8 Å². The molecule has 0 aliphatic heterocycles. The third-order valence-electron chi connectivity index (χ3n) is 5.78. The molecule has 0 saturated carbocycles. The molecule has 0 aromatic heterocycles. The van der Waals surface area contributed by atoms with Gasteiger partial charge in [0.25, 0.3) is 0 Å². The Balaban J connectivity index is 2.17. The second-order valence-electron chi connectivity index (χ2n) is 9.08. The summed E-state index contributed by atoms with van der Waals surface area (Å²) in [5.41, 5.74) is 2.10. The van der Waals surface area contributed by atoms with Gasteiger partial charge in [-0.1, -0.05) is 69.3 Å². The number of phenolic OH excluding ortho intramolecular Hbond substituents is 1. The average molecular weight is 443 g/mol. The lowest BCUT2D eigenvalue weighted by molar-refractivity contribution is -0.131. The smallest absolute Gasteiger partial charge is 0.341 e. The summed E-state index contributed by atoms with van der Waals surface area (Å²) in [6, 6.07) is 18.8. The van der Waals surface area contributed by atoms with Gasteiger partial charge < -0.3 is 14.6 Å². The monoisotopic (exact) mass is 442 g/mol. The van der Waals surface area contributed by atoms with Crippen LogP contribution in [0.2, 0.25) is 0 Å². The van der Waals surface area contributed by atoms with E-state index < -0.39 is 11.9 Å². The minimum absolute atomic E-state index is 0.0447. The Labute approximate surface area is 192 Å². The molecule has 0 saturated heterocycles. The van der Waals surface area contributed by atoms with Crippen LogP contribution in [0, 0.1) is 0 Å². The number of aromatic hydroxyl groups is 1. The number of phenols is 1. The van der Waals surface area contributed by atoms with E-state index in [1.165, 1.54) is 14.0 Å². The van der Waals surface area contributed by atoms with Crippen molar-refractivity contribution in [3.63, 3.8) is 0 Å². The van der Waals surface area contributed by atoms with Crippen LogP contribution in [0.15, 0.2) is 60.7 Å². The van der Waals surface area contributed by atoms with Gasteiger partial charge in [0, 0.05) is 18.1 Å². The summed E-state index contributed by atoms with van der Waals surface area (Å²) in [5, 5.41) is 14.5. The van der Waals surface area contributed by atoms with Crippen molar-refractivity contribution in [2.45, 2.75) is 33.1 Å². The van der Waals surface area contributed by atoms with Gasteiger partial charge in [-0.25, -0.2) is 4.79 Å². The van der Waals surface area contributed by atoms with Gasteiger partial charge in [-0.2, -0.15) is 0 Å². The van der Waals surface area contributed by atoms with Crippen molar-refractivity contribution in [2.75, 3.05) is 7.11 Å². The summed E-state index contributed by atoms with van der Waals surface area (Å²) in [5.74, 6) is -1.04. The molecular formula is C28H26O5. The Kier molecular flexibility index (Phi) is 5.58. The molecule has 0 amide bonds. The van der Waals surface area contributed by atoms with Gasteiger partial charge in [0.1, 0.15) is 17.1 Å². The molecule has 0 spiro atoms. The van der Waals surface area contributed by atoms with Crippen molar-refractivity contribution >= 4 is 33.5 Å².